The summed E-state index contributed by atoms with van der Waals surface area (Å²) < 4.78 is 0. The van der Waals surface area contributed by atoms with Crippen LogP contribution >= 0.6 is 22.7 Å². The SMILES string of the molecule is CC(C)(C)C1CCc2c(sc(NC(=O)c3ccc(C(=O)Nc4sc5c(c4C(N)=O)CCC(C(C)(C)C)C5)cc3)c2C(N)=O)C1. The lowest BCUT2D eigenvalue weighted by atomic mass is 9.72. The van der Waals surface area contributed by atoms with Crippen LogP contribution in [0.4, 0.5) is 10.0 Å². The quantitative estimate of drug-likeness (QED) is 0.236. The molecule has 2 aromatic heterocycles. The number of carbonyl (C=O) groups excluding carboxylic acids is 4. The summed E-state index contributed by atoms with van der Waals surface area (Å²) in [5.74, 6) is -0.898. The molecule has 0 radical (unpaired) electrons. The zero-order valence-corrected chi connectivity index (χ0v) is 27.9. The van der Waals surface area contributed by atoms with E-state index in [0.29, 0.717) is 44.1 Å². The van der Waals surface area contributed by atoms with E-state index in [1.165, 1.54) is 22.7 Å². The Morgan fingerprint density at radius 3 is 1.30 bits per heavy atom. The first-order valence-electron chi connectivity index (χ1n) is 15.2. The van der Waals surface area contributed by atoms with Crippen molar-refractivity contribution >= 4 is 56.3 Å². The van der Waals surface area contributed by atoms with Gasteiger partial charge in [-0.3, -0.25) is 19.2 Å². The lowest BCUT2D eigenvalue weighted by Crippen LogP contribution is -2.27. The van der Waals surface area contributed by atoms with Gasteiger partial charge in [0.05, 0.1) is 11.1 Å². The minimum absolute atomic E-state index is 0.144. The number of fused-ring (bicyclic) bond motifs is 2. The predicted octanol–water partition coefficient (Wildman–Crippen LogP) is 6.81. The molecule has 5 rings (SSSR count). The Morgan fingerprint density at radius 1 is 0.659 bits per heavy atom. The molecule has 2 aliphatic rings. The molecule has 0 fully saturated rings. The van der Waals surface area contributed by atoms with E-state index < -0.39 is 11.8 Å². The number of amides is 4. The second-order valence-corrected chi connectivity index (χ2v) is 16.5. The number of carbonyl (C=O) groups is 4. The van der Waals surface area contributed by atoms with E-state index in [1.807, 2.05) is 0 Å². The molecule has 3 aromatic rings. The Morgan fingerprint density at radius 2 is 1.00 bits per heavy atom. The zero-order valence-electron chi connectivity index (χ0n) is 26.3. The highest BCUT2D eigenvalue weighted by molar-refractivity contribution is 7.17. The van der Waals surface area contributed by atoms with Crippen LogP contribution in [0.2, 0.25) is 0 Å². The van der Waals surface area contributed by atoms with Crippen LogP contribution in [0.5, 0.6) is 0 Å². The summed E-state index contributed by atoms with van der Waals surface area (Å²) in [6.07, 6.45) is 5.16. The third-order valence-electron chi connectivity index (χ3n) is 9.34. The van der Waals surface area contributed by atoms with Gasteiger partial charge in [-0.25, -0.2) is 0 Å². The minimum atomic E-state index is -0.543. The van der Waals surface area contributed by atoms with Gasteiger partial charge in [0.1, 0.15) is 10.0 Å². The maximum atomic E-state index is 13.2. The number of rotatable bonds is 6. The molecule has 0 bridgehead atoms. The molecular weight excluding hydrogens is 593 g/mol. The molecule has 8 nitrogen and oxygen atoms in total. The summed E-state index contributed by atoms with van der Waals surface area (Å²) in [5.41, 5.74) is 15.2. The van der Waals surface area contributed by atoms with E-state index in [2.05, 4.69) is 52.2 Å². The Hall–Kier alpha value is -3.50. The van der Waals surface area contributed by atoms with Gasteiger partial charge in [-0.15, -0.1) is 22.7 Å². The number of anilines is 2. The molecule has 2 aliphatic carbocycles. The van der Waals surface area contributed by atoms with Crippen molar-refractivity contribution in [2.24, 2.45) is 34.1 Å². The molecule has 2 unspecified atom stereocenters. The molecule has 2 atom stereocenters. The van der Waals surface area contributed by atoms with Gasteiger partial charge in [0.15, 0.2) is 0 Å². The molecule has 1 aromatic carbocycles. The summed E-state index contributed by atoms with van der Waals surface area (Å²) in [7, 11) is 0. The molecule has 0 spiro atoms. The van der Waals surface area contributed by atoms with Gasteiger partial charge in [-0.1, -0.05) is 41.5 Å². The van der Waals surface area contributed by atoms with Gasteiger partial charge in [0, 0.05) is 20.9 Å². The second-order valence-electron chi connectivity index (χ2n) is 14.2. The van der Waals surface area contributed by atoms with Crippen molar-refractivity contribution in [1.29, 1.82) is 0 Å². The molecule has 4 amide bonds. The first-order chi connectivity index (χ1) is 20.5. The van der Waals surface area contributed by atoms with Crippen molar-refractivity contribution in [2.45, 2.75) is 80.1 Å². The zero-order chi connectivity index (χ0) is 32.1. The maximum Gasteiger partial charge on any atom is 0.256 e. The smallest absolute Gasteiger partial charge is 0.256 e. The fraction of sp³-hybridized carbons (Fsp3) is 0.471. The highest BCUT2D eigenvalue weighted by Gasteiger charge is 2.35. The molecule has 0 saturated carbocycles. The molecule has 0 aliphatic heterocycles. The van der Waals surface area contributed by atoms with E-state index in [4.69, 9.17) is 11.5 Å². The fourth-order valence-electron chi connectivity index (χ4n) is 6.47. The van der Waals surface area contributed by atoms with Crippen molar-refractivity contribution in [3.63, 3.8) is 0 Å². The Kier molecular flexibility index (Phi) is 8.54. The van der Waals surface area contributed by atoms with Crippen LogP contribution in [0.15, 0.2) is 24.3 Å². The Labute approximate surface area is 267 Å². The van der Waals surface area contributed by atoms with E-state index in [0.717, 1.165) is 59.4 Å². The average molecular weight is 635 g/mol. The summed E-state index contributed by atoms with van der Waals surface area (Å²) in [6.45, 7) is 13.4. The molecule has 2 heterocycles. The monoisotopic (exact) mass is 634 g/mol. The number of nitrogens with one attached hydrogen (secondary N) is 2. The minimum Gasteiger partial charge on any atom is -0.365 e. The van der Waals surface area contributed by atoms with E-state index in [-0.39, 0.29) is 22.6 Å². The number of nitrogens with two attached hydrogens (primary N) is 2. The lowest BCUT2D eigenvalue weighted by Gasteiger charge is -2.33. The van der Waals surface area contributed by atoms with Gasteiger partial charge >= 0.3 is 0 Å². The summed E-state index contributed by atoms with van der Waals surface area (Å²) in [6, 6.07) is 6.28. The van der Waals surface area contributed by atoms with Crippen molar-refractivity contribution in [3.8, 4) is 0 Å². The second kappa shape index (κ2) is 11.8. The maximum absolute atomic E-state index is 13.2. The third kappa shape index (κ3) is 6.33. The number of thiophene rings is 2. The predicted molar refractivity (Wildman–Crippen MR) is 178 cm³/mol. The Balaban J connectivity index is 1.31. The van der Waals surface area contributed by atoms with Gasteiger partial charge in [-0.2, -0.15) is 0 Å². The number of hydrogen-bond acceptors (Lipinski definition) is 6. The van der Waals surface area contributed by atoms with Crippen LogP contribution < -0.4 is 22.1 Å². The van der Waals surface area contributed by atoms with Crippen molar-refractivity contribution in [2.75, 3.05) is 10.6 Å². The summed E-state index contributed by atoms with van der Waals surface area (Å²) >= 11 is 2.85. The third-order valence-corrected chi connectivity index (χ3v) is 11.7. The van der Waals surface area contributed by atoms with Crippen LogP contribution in [0.3, 0.4) is 0 Å². The lowest BCUT2D eigenvalue weighted by molar-refractivity contribution is 0.0989. The summed E-state index contributed by atoms with van der Waals surface area (Å²) in [4.78, 5) is 53.5. The number of hydrogen-bond donors (Lipinski definition) is 4. The topological polar surface area (TPSA) is 144 Å². The highest BCUT2D eigenvalue weighted by atomic mass is 32.1. The van der Waals surface area contributed by atoms with Crippen LogP contribution in [-0.2, 0) is 25.7 Å². The average Bonchev–Trinajstić information content (AvgIpc) is 3.48. The van der Waals surface area contributed by atoms with Crippen molar-refractivity contribution in [3.05, 3.63) is 67.4 Å². The van der Waals surface area contributed by atoms with Crippen molar-refractivity contribution in [1.82, 2.24) is 0 Å². The molecule has 0 saturated heterocycles. The van der Waals surface area contributed by atoms with E-state index in [1.54, 1.807) is 24.3 Å². The number of primary amides is 2. The van der Waals surface area contributed by atoms with Gasteiger partial charge < -0.3 is 22.1 Å². The first kappa shape index (κ1) is 31.9. The number of benzene rings is 1. The molecule has 6 N–H and O–H groups in total. The van der Waals surface area contributed by atoms with Gasteiger partial charge in [0.2, 0.25) is 0 Å². The van der Waals surface area contributed by atoms with Crippen LogP contribution in [-0.4, -0.2) is 23.6 Å². The van der Waals surface area contributed by atoms with E-state index >= 15 is 0 Å². The van der Waals surface area contributed by atoms with Gasteiger partial charge in [0.25, 0.3) is 23.6 Å². The van der Waals surface area contributed by atoms with Gasteiger partial charge in [-0.05, 0) is 96.6 Å². The summed E-state index contributed by atoms with van der Waals surface area (Å²) in [5, 5.41) is 6.74. The van der Waals surface area contributed by atoms with Crippen LogP contribution in [0.1, 0.15) is 117 Å². The fourth-order valence-corrected chi connectivity index (χ4v) is 9.13. The highest BCUT2D eigenvalue weighted by Crippen LogP contribution is 2.45. The van der Waals surface area contributed by atoms with Crippen LogP contribution in [0, 0.1) is 22.7 Å². The Bertz CT molecular complexity index is 1520. The standard InChI is InChI=1S/C34H42N4O4S2/c1-33(2,3)19-11-13-21-23(15-19)43-31(25(21)27(35)39)37-29(41)17-7-9-18(10-8-17)30(42)38-32-26(28(36)40)22-14-12-20(34(4,5)6)16-24(22)44-32/h7-10,19-20H,11-16H2,1-6H3,(H2,35,39)(H2,36,40)(H,37,41)(H,38,42). The largest absolute Gasteiger partial charge is 0.365 e. The van der Waals surface area contributed by atoms with Crippen LogP contribution in [0.25, 0.3) is 0 Å². The normalized spacial score (nSPS) is 18.2. The molecular formula is C34H42N4O4S2. The molecule has 10 heteroatoms. The molecule has 234 valence electrons. The molecule has 44 heavy (non-hydrogen) atoms. The van der Waals surface area contributed by atoms with Crippen molar-refractivity contribution < 1.29 is 19.2 Å². The first-order valence-corrected chi connectivity index (χ1v) is 16.8. The van der Waals surface area contributed by atoms with E-state index in [9.17, 15) is 19.2 Å².